The Morgan fingerprint density at radius 1 is 1.17 bits per heavy atom. The van der Waals surface area contributed by atoms with Crippen molar-refractivity contribution >= 4 is 28.4 Å². The van der Waals surface area contributed by atoms with Gasteiger partial charge in [-0.05, 0) is 41.0 Å². The van der Waals surface area contributed by atoms with E-state index in [1.54, 1.807) is 19.4 Å². The van der Waals surface area contributed by atoms with E-state index in [1.807, 2.05) is 60.8 Å². The highest BCUT2D eigenvalue weighted by atomic mass is 35.5. The molecular formula is C24H22ClN3O2. The normalized spacial score (nSPS) is 11.9. The van der Waals surface area contributed by atoms with E-state index in [0.717, 1.165) is 33.3 Å². The van der Waals surface area contributed by atoms with E-state index in [0.29, 0.717) is 18.1 Å². The van der Waals surface area contributed by atoms with Gasteiger partial charge in [0.05, 0.1) is 7.11 Å². The van der Waals surface area contributed by atoms with Gasteiger partial charge in [-0.15, -0.1) is 0 Å². The number of rotatable bonds is 7. The molecule has 0 aliphatic heterocycles. The lowest BCUT2D eigenvalue weighted by Crippen LogP contribution is -2.25. The van der Waals surface area contributed by atoms with E-state index in [9.17, 15) is 4.79 Å². The molecule has 2 heterocycles. The second kappa shape index (κ2) is 9.01. The van der Waals surface area contributed by atoms with Crippen molar-refractivity contribution in [1.82, 2.24) is 15.3 Å². The van der Waals surface area contributed by atoms with Crippen molar-refractivity contribution in [3.63, 3.8) is 0 Å². The molecule has 2 N–H and O–H groups in total. The number of fused-ring (bicyclic) bond motifs is 1. The maximum absolute atomic E-state index is 12.8. The van der Waals surface area contributed by atoms with Crippen molar-refractivity contribution in [2.75, 3.05) is 7.11 Å². The summed E-state index contributed by atoms with van der Waals surface area (Å²) in [6, 6.07) is 19.4. The Bertz CT molecular complexity index is 1140. The molecule has 0 aliphatic rings. The number of benzene rings is 2. The highest BCUT2D eigenvalue weighted by Crippen LogP contribution is 2.35. The number of hydrogen-bond acceptors (Lipinski definition) is 3. The van der Waals surface area contributed by atoms with Gasteiger partial charge in [0.15, 0.2) is 0 Å². The first-order valence-electron chi connectivity index (χ1n) is 9.71. The minimum atomic E-state index is -0.175. The number of aromatic amines is 1. The molecule has 1 atom stereocenters. The van der Waals surface area contributed by atoms with Crippen molar-refractivity contribution in [2.45, 2.75) is 18.9 Å². The van der Waals surface area contributed by atoms with Crippen LogP contribution in [0.4, 0.5) is 0 Å². The van der Waals surface area contributed by atoms with Crippen LogP contribution in [0.5, 0.6) is 5.75 Å². The number of carbonyl (C=O) groups is 1. The fourth-order valence-corrected chi connectivity index (χ4v) is 3.70. The van der Waals surface area contributed by atoms with Gasteiger partial charge in [0.25, 0.3) is 0 Å². The van der Waals surface area contributed by atoms with Gasteiger partial charge in [0.2, 0.25) is 5.91 Å². The van der Waals surface area contributed by atoms with E-state index in [-0.39, 0.29) is 11.8 Å². The van der Waals surface area contributed by atoms with Crippen molar-refractivity contribution < 1.29 is 9.53 Å². The summed E-state index contributed by atoms with van der Waals surface area (Å²) in [5, 5.41) is 4.46. The van der Waals surface area contributed by atoms with Crippen LogP contribution in [0.3, 0.4) is 0 Å². The molecule has 30 heavy (non-hydrogen) atoms. The Morgan fingerprint density at radius 2 is 2.00 bits per heavy atom. The van der Waals surface area contributed by atoms with Crippen LogP contribution in [0.1, 0.15) is 29.0 Å². The minimum absolute atomic E-state index is 0.0314. The van der Waals surface area contributed by atoms with Crippen molar-refractivity contribution in [3.05, 3.63) is 94.9 Å². The van der Waals surface area contributed by atoms with Gasteiger partial charge in [0, 0.05) is 42.2 Å². The summed E-state index contributed by atoms with van der Waals surface area (Å²) in [5.41, 5.74) is 4.00. The van der Waals surface area contributed by atoms with Gasteiger partial charge >= 0.3 is 0 Å². The first-order valence-corrected chi connectivity index (χ1v) is 10.1. The van der Waals surface area contributed by atoms with Crippen LogP contribution in [0, 0.1) is 0 Å². The lowest BCUT2D eigenvalue weighted by molar-refractivity contribution is -0.121. The molecule has 0 spiro atoms. The van der Waals surface area contributed by atoms with Crippen LogP contribution < -0.4 is 10.1 Å². The number of H-pyrrole nitrogens is 1. The largest absolute Gasteiger partial charge is 0.497 e. The Morgan fingerprint density at radius 3 is 2.73 bits per heavy atom. The molecule has 0 aliphatic carbocycles. The van der Waals surface area contributed by atoms with Crippen molar-refractivity contribution in [1.29, 1.82) is 0 Å². The van der Waals surface area contributed by atoms with Gasteiger partial charge < -0.3 is 15.0 Å². The molecule has 1 amide bonds. The molecule has 2 aromatic heterocycles. The number of halogens is 1. The Labute approximate surface area is 180 Å². The quantitative estimate of drug-likeness (QED) is 0.411. The number of nitrogens with one attached hydrogen (secondary N) is 2. The predicted molar refractivity (Wildman–Crippen MR) is 119 cm³/mol. The summed E-state index contributed by atoms with van der Waals surface area (Å²) in [5.74, 6) is 0.562. The predicted octanol–water partition coefficient (Wildman–Crippen LogP) is 5.06. The number of ether oxygens (including phenoxy) is 1. The maximum Gasteiger partial charge on any atom is 0.221 e. The van der Waals surface area contributed by atoms with Gasteiger partial charge in [-0.25, -0.2) is 4.98 Å². The minimum Gasteiger partial charge on any atom is -0.497 e. The lowest BCUT2D eigenvalue weighted by atomic mass is 9.89. The van der Waals surface area contributed by atoms with E-state index >= 15 is 0 Å². The van der Waals surface area contributed by atoms with Crippen LogP contribution in [0.2, 0.25) is 5.15 Å². The van der Waals surface area contributed by atoms with Gasteiger partial charge in [-0.3, -0.25) is 4.79 Å². The monoisotopic (exact) mass is 419 g/mol. The summed E-state index contributed by atoms with van der Waals surface area (Å²) in [6.45, 7) is 0.493. The maximum atomic E-state index is 12.8. The number of carbonyl (C=O) groups excluding carboxylic acids is 1. The highest BCUT2D eigenvalue weighted by molar-refractivity contribution is 6.29. The zero-order chi connectivity index (χ0) is 20.9. The molecule has 0 saturated heterocycles. The molecule has 0 fully saturated rings. The standard InChI is InChI=1S/C24H22ClN3O2/c1-30-18-8-9-22-20(11-18)21(15-26-22)19(17-7-10-23(25)27-14-17)12-24(29)28-13-16-5-3-2-4-6-16/h2-11,14-15,19,26H,12-13H2,1H3,(H,28,29)/t19-/m0/s1. The number of nitrogens with zero attached hydrogens (tertiary/aromatic N) is 1. The van der Waals surface area contributed by atoms with Crippen molar-refractivity contribution in [2.24, 2.45) is 0 Å². The van der Waals surface area contributed by atoms with E-state index < -0.39 is 0 Å². The molecule has 0 saturated carbocycles. The lowest BCUT2D eigenvalue weighted by Gasteiger charge is -2.17. The SMILES string of the molecule is COc1ccc2[nH]cc([C@@H](CC(=O)NCc3ccccc3)c3ccc(Cl)nc3)c2c1. The fraction of sp³-hybridized carbons (Fsp3) is 0.167. The summed E-state index contributed by atoms with van der Waals surface area (Å²) < 4.78 is 5.39. The zero-order valence-electron chi connectivity index (χ0n) is 16.6. The van der Waals surface area contributed by atoms with Crippen LogP contribution in [0.15, 0.2) is 73.1 Å². The molecule has 0 bridgehead atoms. The molecule has 0 radical (unpaired) electrons. The zero-order valence-corrected chi connectivity index (χ0v) is 17.3. The molecule has 4 rings (SSSR count). The third-order valence-electron chi connectivity index (χ3n) is 5.17. The van der Waals surface area contributed by atoms with Gasteiger partial charge in [-0.1, -0.05) is 48.0 Å². The molecule has 4 aromatic rings. The summed E-state index contributed by atoms with van der Waals surface area (Å²) in [6.07, 6.45) is 3.98. The topological polar surface area (TPSA) is 67.0 Å². The number of aromatic nitrogens is 2. The average Bonchev–Trinajstić information content (AvgIpc) is 3.20. The molecular weight excluding hydrogens is 398 g/mol. The Hall–Kier alpha value is -3.31. The Balaban J connectivity index is 1.63. The smallest absolute Gasteiger partial charge is 0.221 e. The molecule has 5 nitrogen and oxygen atoms in total. The number of methoxy groups -OCH3 is 1. The van der Waals surface area contributed by atoms with E-state index in [4.69, 9.17) is 16.3 Å². The third kappa shape index (κ3) is 4.47. The summed E-state index contributed by atoms with van der Waals surface area (Å²) >= 11 is 5.99. The molecule has 152 valence electrons. The van der Waals surface area contributed by atoms with Crippen LogP contribution in [0.25, 0.3) is 10.9 Å². The highest BCUT2D eigenvalue weighted by Gasteiger charge is 2.22. The number of amides is 1. The first kappa shape index (κ1) is 20.0. The number of pyridine rings is 1. The van der Waals surface area contributed by atoms with E-state index in [1.165, 1.54) is 0 Å². The fourth-order valence-electron chi connectivity index (χ4n) is 3.59. The number of hydrogen-bond donors (Lipinski definition) is 2. The summed E-state index contributed by atoms with van der Waals surface area (Å²) in [4.78, 5) is 20.4. The van der Waals surface area contributed by atoms with Crippen LogP contribution >= 0.6 is 11.6 Å². The molecule has 6 heteroatoms. The van der Waals surface area contributed by atoms with Crippen molar-refractivity contribution in [3.8, 4) is 5.75 Å². The third-order valence-corrected chi connectivity index (χ3v) is 5.39. The van der Waals surface area contributed by atoms with Gasteiger partial charge in [0.1, 0.15) is 10.9 Å². The second-order valence-corrected chi connectivity index (χ2v) is 7.48. The van der Waals surface area contributed by atoms with Crippen LogP contribution in [-0.2, 0) is 11.3 Å². The van der Waals surface area contributed by atoms with Crippen LogP contribution in [-0.4, -0.2) is 23.0 Å². The second-order valence-electron chi connectivity index (χ2n) is 7.09. The Kier molecular flexibility index (Phi) is 6.00. The molecule has 2 aromatic carbocycles. The average molecular weight is 420 g/mol. The van der Waals surface area contributed by atoms with Gasteiger partial charge in [-0.2, -0.15) is 0 Å². The molecule has 0 unspecified atom stereocenters. The summed E-state index contributed by atoms with van der Waals surface area (Å²) in [7, 11) is 1.64. The van der Waals surface area contributed by atoms with E-state index in [2.05, 4.69) is 15.3 Å². The first-order chi connectivity index (χ1) is 14.6.